The van der Waals surface area contributed by atoms with E-state index in [0.717, 1.165) is 29.8 Å². The predicted molar refractivity (Wildman–Crippen MR) is 99.5 cm³/mol. The molecule has 2 heterocycles. The van der Waals surface area contributed by atoms with Gasteiger partial charge in [-0.05, 0) is 24.8 Å². The first kappa shape index (κ1) is 17.4. The van der Waals surface area contributed by atoms with Crippen LogP contribution in [0.4, 0.5) is 0 Å². The lowest BCUT2D eigenvalue weighted by Gasteiger charge is -2.00. The molecule has 3 aromatic rings. The Kier molecular flexibility index (Phi) is 4.62. The van der Waals surface area contributed by atoms with Gasteiger partial charge >= 0.3 is 0 Å². The van der Waals surface area contributed by atoms with E-state index in [4.69, 9.17) is 4.52 Å². The monoisotopic (exact) mass is 389 g/mol. The van der Waals surface area contributed by atoms with Gasteiger partial charge in [0.15, 0.2) is 15.7 Å². The van der Waals surface area contributed by atoms with Crippen molar-refractivity contribution >= 4 is 21.2 Å². The van der Waals surface area contributed by atoms with Crippen molar-refractivity contribution in [2.24, 2.45) is 0 Å². The normalized spacial score (nSPS) is 14.7. The molecule has 0 saturated heterocycles. The van der Waals surface area contributed by atoms with Crippen LogP contribution in [0.15, 0.2) is 34.2 Å². The lowest BCUT2D eigenvalue weighted by Crippen LogP contribution is -2.09. The van der Waals surface area contributed by atoms with Crippen LogP contribution in [-0.4, -0.2) is 23.5 Å². The second-order valence-electron chi connectivity index (χ2n) is 6.55. The van der Waals surface area contributed by atoms with Gasteiger partial charge in [0.25, 0.3) is 0 Å². The molecule has 2 aromatic heterocycles. The molecule has 0 unspecified atom stereocenters. The quantitative estimate of drug-likeness (QED) is 0.612. The van der Waals surface area contributed by atoms with Gasteiger partial charge in [0.2, 0.25) is 5.89 Å². The van der Waals surface area contributed by atoms with Crippen molar-refractivity contribution in [3.05, 3.63) is 52.6 Å². The van der Waals surface area contributed by atoms with Crippen LogP contribution in [0.25, 0.3) is 10.6 Å². The highest BCUT2D eigenvalue weighted by Crippen LogP contribution is 2.38. The Morgan fingerprint density at radius 3 is 2.62 bits per heavy atom. The van der Waals surface area contributed by atoms with E-state index < -0.39 is 9.84 Å². The minimum Gasteiger partial charge on any atom is -0.339 e. The zero-order valence-electron chi connectivity index (χ0n) is 14.4. The van der Waals surface area contributed by atoms with Crippen molar-refractivity contribution in [2.45, 2.75) is 43.6 Å². The summed E-state index contributed by atoms with van der Waals surface area (Å²) < 4.78 is 30.0. The fourth-order valence-electron chi connectivity index (χ4n) is 2.68. The smallest absolute Gasteiger partial charge is 0.229 e. The maximum atomic E-state index is 12.4. The SMILES string of the molecule is CCc1ccc(-c2nc(CS(=O)(=O)Cc3noc(C4CC4)n3)cs2)cc1. The average molecular weight is 390 g/mol. The van der Waals surface area contributed by atoms with Gasteiger partial charge in [-0.25, -0.2) is 13.4 Å². The number of hydrogen-bond donors (Lipinski definition) is 0. The summed E-state index contributed by atoms with van der Waals surface area (Å²) in [5, 5.41) is 6.42. The fourth-order valence-corrected chi connectivity index (χ4v) is 4.83. The summed E-state index contributed by atoms with van der Waals surface area (Å²) in [5.41, 5.74) is 2.82. The second-order valence-corrected chi connectivity index (χ2v) is 9.47. The zero-order valence-corrected chi connectivity index (χ0v) is 16.0. The Hall–Kier alpha value is -2.06. The summed E-state index contributed by atoms with van der Waals surface area (Å²) in [6, 6.07) is 8.19. The van der Waals surface area contributed by atoms with E-state index in [1.165, 1.54) is 16.9 Å². The summed E-state index contributed by atoms with van der Waals surface area (Å²) in [6.07, 6.45) is 3.06. The Morgan fingerprint density at radius 2 is 1.92 bits per heavy atom. The molecule has 1 aliphatic carbocycles. The van der Waals surface area contributed by atoms with Crippen molar-refractivity contribution in [3.63, 3.8) is 0 Å². The molecule has 0 radical (unpaired) electrons. The van der Waals surface area contributed by atoms with Crippen LogP contribution in [-0.2, 0) is 27.8 Å². The van der Waals surface area contributed by atoms with Crippen LogP contribution in [0.1, 0.15) is 48.7 Å². The third-order valence-corrected chi connectivity index (χ3v) is 6.66. The molecular weight excluding hydrogens is 370 g/mol. The van der Waals surface area contributed by atoms with Gasteiger partial charge in [0.05, 0.1) is 11.4 Å². The molecule has 1 saturated carbocycles. The van der Waals surface area contributed by atoms with Crippen LogP contribution >= 0.6 is 11.3 Å². The molecule has 26 heavy (non-hydrogen) atoms. The third kappa shape index (κ3) is 4.02. The number of sulfone groups is 1. The largest absolute Gasteiger partial charge is 0.339 e. The molecule has 8 heteroatoms. The van der Waals surface area contributed by atoms with Crippen molar-refractivity contribution in [1.29, 1.82) is 0 Å². The van der Waals surface area contributed by atoms with Crippen LogP contribution < -0.4 is 0 Å². The number of aromatic nitrogens is 3. The molecule has 0 bridgehead atoms. The first-order valence-electron chi connectivity index (χ1n) is 8.59. The van der Waals surface area contributed by atoms with E-state index >= 15 is 0 Å². The number of aryl methyl sites for hydroxylation is 1. The lowest BCUT2D eigenvalue weighted by molar-refractivity contribution is 0.375. The van der Waals surface area contributed by atoms with E-state index in [1.54, 1.807) is 5.38 Å². The number of nitrogens with zero attached hydrogens (tertiary/aromatic N) is 3. The van der Waals surface area contributed by atoms with Gasteiger partial charge in [0.1, 0.15) is 10.8 Å². The summed E-state index contributed by atoms with van der Waals surface area (Å²) in [5.74, 6) is 0.767. The molecule has 0 aliphatic heterocycles. The van der Waals surface area contributed by atoms with Crippen molar-refractivity contribution in [3.8, 4) is 10.6 Å². The Balaban J connectivity index is 1.44. The van der Waals surface area contributed by atoms with E-state index in [0.29, 0.717) is 17.5 Å². The molecule has 0 spiro atoms. The Bertz CT molecular complexity index is 1000. The lowest BCUT2D eigenvalue weighted by atomic mass is 10.1. The van der Waals surface area contributed by atoms with Crippen LogP contribution in [0.3, 0.4) is 0 Å². The van der Waals surface area contributed by atoms with Gasteiger partial charge in [-0.3, -0.25) is 0 Å². The van der Waals surface area contributed by atoms with Gasteiger partial charge in [-0.15, -0.1) is 11.3 Å². The van der Waals surface area contributed by atoms with E-state index in [-0.39, 0.29) is 17.3 Å². The van der Waals surface area contributed by atoms with Crippen molar-refractivity contribution < 1.29 is 12.9 Å². The topological polar surface area (TPSA) is 86.0 Å². The highest BCUT2D eigenvalue weighted by molar-refractivity contribution is 7.89. The van der Waals surface area contributed by atoms with Crippen LogP contribution in [0.5, 0.6) is 0 Å². The van der Waals surface area contributed by atoms with Gasteiger partial charge < -0.3 is 4.52 Å². The summed E-state index contributed by atoms with van der Waals surface area (Å²) >= 11 is 1.45. The zero-order chi connectivity index (χ0) is 18.1. The maximum absolute atomic E-state index is 12.4. The molecular formula is C18H19N3O3S2. The van der Waals surface area contributed by atoms with Crippen molar-refractivity contribution in [2.75, 3.05) is 0 Å². The number of benzene rings is 1. The molecule has 6 nitrogen and oxygen atoms in total. The fraction of sp³-hybridized carbons (Fsp3) is 0.389. The standard InChI is InChI=1S/C18H19N3O3S2/c1-2-12-3-5-14(6-4-12)18-19-15(9-25-18)10-26(22,23)11-16-20-17(24-21-16)13-7-8-13/h3-6,9,13H,2,7-8,10-11H2,1H3. The second kappa shape index (κ2) is 6.92. The van der Waals surface area contributed by atoms with Crippen LogP contribution in [0, 0.1) is 0 Å². The Labute approximate surface area is 156 Å². The van der Waals surface area contributed by atoms with Gasteiger partial charge in [0, 0.05) is 16.9 Å². The predicted octanol–water partition coefficient (Wildman–Crippen LogP) is 3.75. The molecule has 1 fully saturated rings. The summed E-state index contributed by atoms with van der Waals surface area (Å²) in [6.45, 7) is 2.11. The molecule has 4 rings (SSSR count). The van der Waals surface area contributed by atoms with Crippen molar-refractivity contribution in [1.82, 2.24) is 15.1 Å². The molecule has 136 valence electrons. The highest BCUT2D eigenvalue weighted by Gasteiger charge is 2.30. The molecule has 0 amide bonds. The molecule has 1 aliphatic rings. The average Bonchev–Trinajstić information content (AvgIpc) is 3.21. The maximum Gasteiger partial charge on any atom is 0.229 e. The van der Waals surface area contributed by atoms with Crippen LogP contribution in [0.2, 0.25) is 0 Å². The number of hydrogen-bond acceptors (Lipinski definition) is 7. The van der Waals surface area contributed by atoms with Gasteiger partial charge in [-0.1, -0.05) is 36.3 Å². The molecule has 0 N–H and O–H groups in total. The van der Waals surface area contributed by atoms with E-state index in [2.05, 4.69) is 34.2 Å². The third-order valence-electron chi connectivity index (χ3n) is 4.29. The van der Waals surface area contributed by atoms with E-state index in [9.17, 15) is 8.42 Å². The minimum absolute atomic E-state index is 0.121. The van der Waals surface area contributed by atoms with E-state index in [1.807, 2.05) is 12.1 Å². The summed E-state index contributed by atoms with van der Waals surface area (Å²) in [7, 11) is -3.40. The summed E-state index contributed by atoms with van der Waals surface area (Å²) in [4.78, 5) is 8.67. The molecule has 1 aromatic carbocycles. The highest BCUT2D eigenvalue weighted by atomic mass is 32.2. The minimum atomic E-state index is -3.40. The van der Waals surface area contributed by atoms with Gasteiger partial charge in [-0.2, -0.15) is 4.98 Å². The first-order valence-corrected chi connectivity index (χ1v) is 11.3. The number of thiazole rings is 1. The first-order chi connectivity index (χ1) is 12.5. The Morgan fingerprint density at radius 1 is 1.15 bits per heavy atom. The number of rotatable bonds is 7. The molecule has 0 atom stereocenters.